The number of nitrogens with one attached hydrogen (secondary N) is 1. The van der Waals surface area contributed by atoms with Gasteiger partial charge in [-0.1, -0.05) is 6.07 Å². The minimum Gasteiger partial charge on any atom is -0.314 e. The molecule has 0 radical (unpaired) electrons. The number of halogens is 2. The van der Waals surface area contributed by atoms with Crippen LogP contribution in [0.4, 0.5) is 4.39 Å². The van der Waals surface area contributed by atoms with Crippen LogP contribution in [0.1, 0.15) is 18.5 Å². The van der Waals surface area contributed by atoms with Crippen molar-refractivity contribution in [2.45, 2.75) is 13.0 Å². The van der Waals surface area contributed by atoms with Crippen molar-refractivity contribution in [3.05, 3.63) is 34.1 Å². The maximum atomic E-state index is 13.4. The Bertz CT molecular complexity index is 364. The summed E-state index contributed by atoms with van der Waals surface area (Å²) in [6.07, 6.45) is 0. The number of hydrogen-bond donors (Lipinski definition) is 1. The predicted octanol–water partition coefficient (Wildman–Crippen LogP) is 2.55. The fourth-order valence-electron chi connectivity index (χ4n) is 2.05. The summed E-state index contributed by atoms with van der Waals surface area (Å²) in [5.41, 5.74) is 1.04. The Balaban J connectivity index is 2.12. The van der Waals surface area contributed by atoms with E-state index in [0.29, 0.717) is 4.47 Å². The number of piperazine rings is 1. The molecule has 1 aliphatic heterocycles. The van der Waals surface area contributed by atoms with Gasteiger partial charge in [-0.15, -0.1) is 0 Å². The van der Waals surface area contributed by atoms with E-state index in [4.69, 9.17) is 0 Å². The lowest BCUT2D eigenvalue weighted by molar-refractivity contribution is 0.185. The second-order valence-electron chi connectivity index (χ2n) is 4.14. The summed E-state index contributed by atoms with van der Waals surface area (Å²) in [4.78, 5) is 2.37. The lowest BCUT2D eigenvalue weighted by Crippen LogP contribution is -2.44. The van der Waals surface area contributed by atoms with E-state index in [2.05, 4.69) is 33.1 Å². The third-order valence-corrected chi connectivity index (χ3v) is 3.77. The fraction of sp³-hybridized carbons (Fsp3) is 0.500. The molecular weight excluding hydrogens is 271 g/mol. The summed E-state index contributed by atoms with van der Waals surface area (Å²) in [7, 11) is 0. The van der Waals surface area contributed by atoms with Crippen molar-refractivity contribution in [1.82, 2.24) is 10.2 Å². The van der Waals surface area contributed by atoms with Crippen molar-refractivity contribution < 1.29 is 4.39 Å². The van der Waals surface area contributed by atoms with Gasteiger partial charge in [-0.05, 0) is 40.5 Å². The summed E-state index contributed by atoms with van der Waals surface area (Å²) in [5.74, 6) is -0.181. The number of hydrogen-bond acceptors (Lipinski definition) is 2. The molecule has 1 aliphatic rings. The van der Waals surface area contributed by atoms with Crippen LogP contribution in [-0.2, 0) is 0 Å². The Labute approximate surface area is 104 Å². The predicted molar refractivity (Wildman–Crippen MR) is 67.0 cm³/mol. The van der Waals surface area contributed by atoms with Gasteiger partial charge in [-0.25, -0.2) is 4.39 Å². The third kappa shape index (κ3) is 2.62. The highest BCUT2D eigenvalue weighted by Crippen LogP contribution is 2.24. The zero-order valence-corrected chi connectivity index (χ0v) is 10.9. The van der Waals surface area contributed by atoms with Gasteiger partial charge in [0.2, 0.25) is 0 Å². The van der Waals surface area contributed by atoms with Gasteiger partial charge in [0.05, 0.1) is 4.47 Å². The molecule has 0 amide bonds. The first-order valence-corrected chi connectivity index (χ1v) is 6.37. The van der Waals surface area contributed by atoms with Crippen molar-refractivity contribution in [3.8, 4) is 0 Å². The van der Waals surface area contributed by atoms with Gasteiger partial charge in [0, 0.05) is 32.2 Å². The largest absolute Gasteiger partial charge is 0.314 e. The molecule has 4 heteroatoms. The van der Waals surface area contributed by atoms with Gasteiger partial charge in [0.25, 0.3) is 0 Å². The highest BCUT2D eigenvalue weighted by atomic mass is 79.9. The second-order valence-corrected chi connectivity index (χ2v) is 4.99. The van der Waals surface area contributed by atoms with E-state index >= 15 is 0 Å². The first-order valence-electron chi connectivity index (χ1n) is 5.58. The summed E-state index contributed by atoms with van der Waals surface area (Å²) in [6, 6.07) is 5.67. The molecule has 88 valence electrons. The molecule has 1 atom stereocenters. The molecule has 2 nitrogen and oxygen atoms in total. The van der Waals surface area contributed by atoms with Gasteiger partial charge in [0.1, 0.15) is 5.82 Å². The van der Waals surface area contributed by atoms with Gasteiger partial charge >= 0.3 is 0 Å². The molecule has 16 heavy (non-hydrogen) atoms. The van der Waals surface area contributed by atoms with Gasteiger partial charge in [0.15, 0.2) is 0 Å². The Hall–Kier alpha value is -0.450. The fourth-order valence-corrected chi connectivity index (χ4v) is 2.30. The normalized spacial score (nSPS) is 19.7. The van der Waals surface area contributed by atoms with Crippen LogP contribution in [-0.4, -0.2) is 31.1 Å². The minimum atomic E-state index is -0.181. The molecule has 1 N–H and O–H groups in total. The first kappa shape index (κ1) is 12.0. The van der Waals surface area contributed by atoms with Crippen LogP contribution < -0.4 is 5.32 Å². The molecule has 1 saturated heterocycles. The summed E-state index contributed by atoms with van der Waals surface area (Å²) in [5, 5.41) is 3.32. The maximum Gasteiger partial charge on any atom is 0.137 e. The van der Waals surface area contributed by atoms with Crippen LogP contribution in [0.3, 0.4) is 0 Å². The zero-order valence-electron chi connectivity index (χ0n) is 9.34. The van der Waals surface area contributed by atoms with Crippen molar-refractivity contribution >= 4 is 15.9 Å². The standard InChI is InChI=1S/C12H16BrFN2/c1-9(16-6-4-15-5-7-16)10-2-3-11(13)12(14)8-10/h2-3,8-9,15H,4-7H2,1H3. The molecule has 1 aromatic rings. The smallest absolute Gasteiger partial charge is 0.137 e. The van der Waals surface area contributed by atoms with Crippen molar-refractivity contribution in [2.24, 2.45) is 0 Å². The Morgan fingerprint density at radius 1 is 1.38 bits per heavy atom. The van der Waals surface area contributed by atoms with Gasteiger partial charge < -0.3 is 5.32 Å². The quantitative estimate of drug-likeness (QED) is 0.899. The van der Waals surface area contributed by atoms with Crippen LogP contribution >= 0.6 is 15.9 Å². The maximum absolute atomic E-state index is 13.4. The van der Waals surface area contributed by atoms with Crippen LogP contribution in [0.5, 0.6) is 0 Å². The zero-order chi connectivity index (χ0) is 11.5. The average molecular weight is 287 g/mol. The Morgan fingerprint density at radius 2 is 2.06 bits per heavy atom. The number of nitrogens with zero attached hydrogens (tertiary/aromatic N) is 1. The van der Waals surface area contributed by atoms with Crippen molar-refractivity contribution in [1.29, 1.82) is 0 Å². The SMILES string of the molecule is CC(c1ccc(Br)c(F)c1)N1CCNCC1. The lowest BCUT2D eigenvalue weighted by Gasteiger charge is -2.33. The summed E-state index contributed by atoms with van der Waals surface area (Å²) < 4.78 is 14.0. The molecule has 0 saturated carbocycles. The first-order chi connectivity index (χ1) is 7.68. The van der Waals surface area contributed by atoms with Crippen molar-refractivity contribution in [2.75, 3.05) is 26.2 Å². The molecular formula is C12H16BrFN2. The lowest BCUT2D eigenvalue weighted by atomic mass is 10.1. The molecule has 1 aromatic carbocycles. The topological polar surface area (TPSA) is 15.3 Å². The summed E-state index contributed by atoms with van der Waals surface area (Å²) >= 11 is 3.18. The molecule has 0 spiro atoms. The average Bonchev–Trinajstić information content (AvgIpc) is 2.33. The highest BCUT2D eigenvalue weighted by molar-refractivity contribution is 9.10. The molecule has 0 aromatic heterocycles. The highest BCUT2D eigenvalue weighted by Gasteiger charge is 2.18. The molecule has 2 rings (SSSR count). The van der Waals surface area contributed by atoms with Crippen LogP contribution in [0.2, 0.25) is 0 Å². The molecule has 1 unspecified atom stereocenters. The van der Waals surface area contributed by atoms with Crippen LogP contribution in [0, 0.1) is 5.82 Å². The van der Waals surface area contributed by atoms with E-state index < -0.39 is 0 Å². The molecule has 1 heterocycles. The monoisotopic (exact) mass is 286 g/mol. The second kappa shape index (κ2) is 5.25. The van der Waals surface area contributed by atoms with Gasteiger partial charge in [-0.3, -0.25) is 4.90 Å². The minimum absolute atomic E-state index is 0.181. The van der Waals surface area contributed by atoms with E-state index in [0.717, 1.165) is 31.7 Å². The van der Waals surface area contributed by atoms with E-state index in [1.54, 1.807) is 12.1 Å². The number of rotatable bonds is 2. The van der Waals surface area contributed by atoms with E-state index in [1.165, 1.54) is 0 Å². The number of benzene rings is 1. The van der Waals surface area contributed by atoms with Crippen LogP contribution in [0.15, 0.2) is 22.7 Å². The summed E-state index contributed by atoms with van der Waals surface area (Å²) in [6.45, 7) is 6.22. The molecule has 0 bridgehead atoms. The third-order valence-electron chi connectivity index (χ3n) is 3.13. The van der Waals surface area contributed by atoms with Gasteiger partial charge in [-0.2, -0.15) is 0 Å². The Morgan fingerprint density at radius 3 is 2.69 bits per heavy atom. The van der Waals surface area contributed by atoms with E-state index in [-0.39, 0.29) is 11.9 Å². The Kier molecular flexibility index (Phi) is 3.95. The van der Waals surface area contributed by atoms with Crippen LogP contribution in [0.25, 0.3) is 0 Å². The molecule has 0 aliphatic carbocycles. The molecule has 1 fully saturated rings. The van der Waals surface area contributed by atoms with E-state index in [9.17, 15) is 4.39 Å². The van der Waals surface area contributed by atoms with E-state index in [1.807, 2.05) is 6.07 Å². The van der Waals surface area contributed by atoms with Crippen molar-refractivity contribution in [3.63, 3.8) is 0 Å².